The van der Waals surface area contributed by atoms with Crippen molar-refractivity contribution in [1.82, 2.24) is 5.43 Å². The lowest BCUT2D eigenvalue weighted by molar-refractivity contribution is -0.118. The number of nitrogens with zero attached hydrogens (tertiary/aromatic N) is 1. The van der Waals surface area contributed by atoms with Gasteiger partial charge in [-0.1, -0.05) is 23.2 Å². The first-order chi connectivity index (χ1) is 11.9. The van der Waals surface area contributed by atoms with Crippen LogP contribution in [0.5, 0.6) is 5.75 Å². The lowest BCUT2D eigenvalue weighted by Crippen LogP contribution is -2.25. The average Bonchev–Trinajstić information content (AvgIpc) is 2.60. The normalized spacial score (nSPS) is 13.6. The highest BCUT2D eigenvalue weighted by Crippen LogP contribution is 2.28. The third kappa shape index (κ3) is 3.92. The third-order valence-electron chi connectivity index (χ3n) is 3.53. The molecule has 8 heteroatoms. The maximum absolute atomic E-state index is 12.2. The molecule has 2 aromatic carbocycles. The molecule has 0 aromatic heterocycles. The van der Waals surface area contributed by atoms with Crippen LogP contribution in [0.1, 0.15) is 22.8 Å². The number of hydrogen-bond donors (Lipinski definition) is 2. The second-order valence-corrected chi connectivity index (χ2v) is 6.15. The standard InChI is InChI=1S/C17H13Cl2N3O3/c1-9(10-2-5-15-14(6-10)20-16(23)8-25-15)21-22-17(24)12-7-11(18)3-4-13(12)19/h2-7H,8H2,1H3,(H,20,23)(H,22,24)/b21-9-. The summed E-state index contributed by atoms with van der Waals surface area (Å²) in [6, 6.07) is 9.85. The van der Waals surface area contributed by atoms with Crippen molar-refractivity contribution in [2.75, 3.05) is 11.9 Å². The Morgan fingerprint density at radius 1 is 1.24 bits per heavy atom. The first-order valence-corrected chi connectivity index (χ1v) is 8.06. The molecule has 2 amide bonds. The summed E-state index contributed by atoms with van der Waals surface area (Å²) < 4.78 is 5.30. The van der Waals surface area contributed by atoms with E-state index in [1.807, 2.05) is 0 Å². The molecule has 0 atom stereocenters. The monoisotopic (exact) mass is 377 g/mol. The van der Waals surface area contributed by atoms with Gasteiger partial charge in [-0.05, 0) is 48.9 Å². The molecule has 0 spiro atoms. The molecule has 6 nitrogen and oxygen atoms in total. The number of hydrazone groups is 1. The van der Waals surface area contributed by atoms with Crippen LogP contribution in [0.2, 0.25) is 10.0 Å². The molecule has 0 bridgehead atoms. The highest BCUT2D eigenvalue weighted by molar-refractivity contribution is 6.35. The van der Waals surface area contributed by atoms with Crippen molar-refractivity contribution in [3.63, 3.8) is 0 Å². The Morgan fingerprint density at radius 2 is 2.04 bits per heavy atom. The summed E-state index contributed by atoms with van der Waals surface area (Å²) in [6.07, 6.45) is 0. The summed E-state index contributed by atoms with van der Waals surface area (Å²) in [5, 5.41) is 7.48. The molecule has 3 rings (SSSR count). The molecule has 0 aliphatic carbocycles. The van der Waals surface area contributed by atoms with E-state index in [4.69, 9.17) is 27.9 Å². The number of fused-ring (bicyclic) bond motifs is 1. The van der Waals surface area contributed by atoms with Gasteiger partial charge in [0.2, 0.25) is 0 Å². The highest BCUT2D eigenvalue weighted by atomic mass is 35.5. The smallest absolute Gasteiger partial charge is 0.272 e. The molecular formula is C17H13Cl2N3O3. The zero-order chi connectivity index (χ0) is 18.0. The minimum atomic E-state index is -0.471. The van der Waals surface area contributed by atoms with E-state index in [0.717, 1.165) is 5.56 Å². The van der Waals surface area contributed by atoms with Gasteiger partial charge in [-0.3, -0.25) is 9.59 Å². The van der Waals surface area contributed by atoms with Crippen molar-refractivity contribution in [2.24, 2.45) is 5.10 Å². The van der Waals surface area contributed by atoms with Gasteiger partial charge in [-0.2, -0.15) is 5.10 Å². The van der Waals surface area contributed by atoms with Crippen molar-refractivity contribution >= 4 is 46.4 Å². The van der Waals surface area contributed by atoms with Gasteiger partial charge in [0.1, 0.15) is 5.75 Å². The van der Waals surface area contributed by atoms with Crippen LogP contribution in [0.25, 0.3) is 0 Å². The largest absolute Gasteiger partial charge is 0.482 e. The second kappa shape index (κ2) is 7.13. The summed E-state index contributed by atoms with van der Waals surface area (Å²) in [5.74, 6) is -0.101. The molecule has 1 heterocycles. The molecule has 0 radical (unpaired) electrons. The van der Waals surface area contributed by atoms with E-state index in [0.29, 0.717) is 22.2 Å². The lowest BCUT2D eigenvalue weighted by atomic mass is 10.1. The molecule has 1 aliphatic rings. The fourth-order valence-corrected chi connectivity index (χ4v) is 2.61. The Morgan fingerprint density at radius 3 is 2.84 bits per heavy atom. The molecule has 0 saturated heterocycles. The van der Waals surface area contributed by atoms with Crippen LogP contribution in [-0.4, -0.2) is 24.1 Å². The molecule has 0 saturated carbocycles. The molecule has 1 aliphatic heterocycles. The zero-order valence-corrected chi connectivity index (χ0v) is 14.6. The van der Waals surface area contributed by atoms with Crippen LogP contribution in [-0.2, 0) is 4.79 Å². The SMILES string of the molecule is C/C(=N/NC(=O)c1cc(Cl)ccc1Cl)c1ccc2c(c1)NC(=O)CO2. The van der Waals surface area contributed by atoms with Gasteiger partial charge in [0.25, 0.3) is 11.8 Å². The summed E-state index contributed by atoms with van der Waals surface area (Å²) in [6.45, 7) is 1.73. The first kappa shape index (κ1) is 17.3. The summed E-state index contributed by atoms with van der Waals surface area (Å²) in [7, 11) is 0. The Hall–Kier alpha value is -2.57. The third-order valence-corrected chi connectivity index (χ3v) is 4.09. The molecule has 2 N–H and O–H groups in total. The maximum Gasteiger partial charge on any atom is 0.272 e. The topological polar surface area (TPSA) is 79.8 Å². The Bertz CT molecular complexity index is 897. The van der Waals surface area contributed by atoms with Gasteiger partial charge < -0.3 is 10.1 Å². The van der Waals surface area contributed by atoms with Crippen LogP contribution < -0.4 is 15.5 Å². The first-order valence-electron chi connectivity index (χ1n) is 7.31. The van der Waals surface area contributed by atoms with Crippen LogP contribution in [0, 0.1) is 0 Å². The second-order valence-electron chi connectivity index (χ2n) is 5.31. The van der Waals surface area contributed by atoms with Crippen molar-refractivity contribution < 1.29 is 14.3 Å². The number of ether oxygens (including phenoxy) is 1. The predicted octanol–water partition coefficient (Wildman–Crippen LogP) is 3.48. The van der Waals surface area contributed by atoms with E-state index in [2.05, 4.69) is 15.8 Å². The van der Waals surface area contributed by atoms with E-state index in [9.17, 15) is 9.59 Å². The van der Waals surface area contributed by atoms with Crippen molar-refractivity contribution in [1.29, 1.82) is 0 Å². The molecule has 25 heavy (non-hydrogen) atoms. The molecule has 0 unspecified atom stereocenters. The van der Waals surface area contributed by atoms with Gasteiger partial charge in [-0.15, -0.1) is 0 Å². The summed E-state index contributed by atoms with van der Waals surface area (Å²) in [5.41, 5.74) is 4.51. The number of halogens is 2. The Kier molecular flexibility index (Phi) is 4.92. The van der Waals surface area contributed by atoms with Crippen molar-refractivity contribution in [3.05, 3.63) is 57.6 Å². The van der Waals surface area contributed by atoms with E-state index < -0.39 is 5.91 Å². The van der Waals surface area contributed by atoms with Crippen LogP contribution in [0.4, 0.5) is 5.69 Å². The van der Waals surface area contributed by atoms with E-state index in [1.54, 1.807) is 37.3 Å². The minimum Gasteiger partial charge on any atom is -0.482 e. The van der Waals surface area contributed by atoms with E-state index in [1.165, 1.54) is 6.07 Å². The number of hydrogen-bond acceptors (Lipinski definition) is 4. The molecule has 0 fully saturated rings. The number of rotatable bonds is 3. The van der Waals surface area contributed by atoms with Gasteiger partial charge in [0, 0.05) is 5.02 Å². The van der Waals surface area contributed by atoms with Gasteiger partial charge >= 0.3 is 0 Å². The van der Waals surface area contributed by atoms with Crippen molar-refractivity contribution in [2.45, 2.75) is 6.92 Å². The van der Waals surface area contributed by atoms with Crippen molar-refractivity contribution in [3.8, 4) is 5.75 Å². The van der Waals surface area contributed by atoms with Crippen LogP contribution >= 0.6 is 23.2 Å². The van der Waals surface area contributed by atoms with E-state index in [-0.39, 0.29) is 23.1 Å². The average molecular weight is 378 g/mol. The lowest BCUT2D eigenvalue weighted by Gasteiger charge is -2.18. The number of anilines is 1. The predicted molar refractivity (Wildman–Crippen MR) is 96.7 cm³/mol. The summed E-state index contributed by atoms with van der Waals surface area (Å²) in [4.78, 5) is 23.6. The highest BCUT2D eigenvalue weighted by Gasteiger charge is 2.16. The Labute approximate surface area is 153 Å². The number of nitrogens with one attached hydrogen (secondary N) is 2. The summed E-state index contributed by atoms with van der Waals surface area (Å²) >= 11 is 11.9. The fourth-order valence-electron chi connectivity index (χ4n) is 2.24. The fraction of sp³-hybridized carbons (Fsp3) is 0.118. The number of benzene rings is 2. The number of amides is 2. The van der Waals surface area contributed by atoms with Gasteiger partial charge in [0.05, 0.1) is 22.0 Å². The van der Waals surface area contributed by atoms with E-state index >= 15 is 0 Å². The maximum atomic E-state index is 12.2. The van der Waals surface area contributed by atoms with Gasteiger partial charge in [-0.25, -0.2) is 5.43 Å². The quantitative estimate of drug-likeness (QED) is 0.634. The van der Waals surface area contributed by atoms with Crippen LogP contribution in [0.3, 0.4) is 0 Å². The van der Waals surface area contributed by atoms with Gasteiger partial charge in [0.15, 0.2) is 6.61 Å². The van der Waals surface area contributed by atoms with Crippen LogP contribution in [0.15, 0.2) is 41.5 Å². The minimum absolute atomic E-state index is 0.00410. The number of carbonyl (C=O) groups excluding carboxylic acids is 2. The molecule has 2 aromatic rings. The molecular weight excluding hydrogens is 365 g/mol. The number of carbonyl (C=O) groups is 2. The molecule has 128 valence electrons. The zero-order valence-electron chi connectivity index (χ0n) is 13.1. The Balaban J connectivity index is 1.78.